The van der Waals surface area contributed by atoms with E-state index in [4.69, 9.17) is 4.74 Å². The van der Waals surface area contributed by atoms with Crippen molar-refractivity contribution >= 4 is 15.9 Å². The molecule has 0 N–H and O–H groups in total. The van der Waals surface area contributed by atoms with Crippen LogP contribution in [-0.2, 0) is 19.6 Å². The van der Waals surface area contributed by atoms with E-state index in [2.05, 4.69) is 0 Å². The summed E-state index contributed by atoms with van der Waals surface area (Å²) in [6.45, 7) is 6.06. The van der Waals surface area contributed by atoms with E-state index >= 15 is 0 Å². The second-order valence-corrected chi connectivity index (χ2v) is 10.1. The molecule has 1 saturated carbocycles. The van der Waals surface area contributed by atoms with Gasteiger partial charge in [0.15, 0.2) is 0 Å². The number of carbonyl (C=O) groups excluding carboxylic acids is 1. The Bertz CT molecular complexity index is 811. The number of hydrogen-bond acceptors (Lipinski definition) is 4. The maximum atomic E-state index is 12.7. The summed E-state index contributed by atoms with van der Waals surface area (Å²) in [7, 11) is -3.44. The molecule has 134 valence electrons. The van der Waals surface area contributed by atoms with Crippen molar-refractivity contribution in [1.82, 2.24) is 9.21 Å². The third-order valence-electron chi connectivity index (χ3n) is 6.29. The Balaban J connectivity index is 1.22. The van der Waals surface area contributed by atoms with Gasteiger partial charge < -0.3 is 9.64 Å². The zero-order valence-corrected chi connectivity index (χ0v) is 15.0. The first-order valence-corrected chi connectivity index (χ1v) is 10.3. The molecule has 1 spiro atoms. The van der Waals surface area contributed by atoms with E-state index in [0.717, 1.165) is 31.9 Å². The van der Waals surface area contributed by atoms with E-state index < -0.39 is 10.0 Å². The number of carbonyl (C=O) groups is 1. The third kappa shape index (κ3) is 2.29. The van der Waals surface area contributed by atoms with Crippen LogP contribution in [0.4, 0.5) is 0 Å². The Labute approximate surface area is 147 Å². The number of hydrogen-bond donors (Lipinski definition) is 0. The van der Waals surface area contributed by atoms with Crippen LogP contribution in [0.2, 0.25) is 0 Å². The summed E-state index contributed by atoms with van der Waals surface area (Å²) in [5.41, 5.74) is 1.28. The van der Waals surface area contributed by atoms with Gasteiger partial charge in [-0.15, -0.1) is 0 Å². The van der Waals surface area contributed by atoms with Gasteiger partial charge in [0.05, 0.1) is 23.5 Å². The molecule has 0 radical (unpaired) electrons. The highest BCUT2D eigenvalue weighted by Crippen LogP contribution is 2.54. The highest BCUT2D eigenvalue weighted by molar-refractivity contribution is 7.89. The number of aryl methyl sites for hydroxylation is 1. The van der Waals surface area contributed by atoms with Gasteiger partial charge in [0.1, 0.15) is 0 Å². The van der Waals surface area contributed by atoms with Crippen molar-refractivity contribution in [2.24, 2.45) is 23.2 Å². The van der Waals surface area contributed by atoms with Gasteiger partial charge in [0.25, 0.3) is 0 Å². The van der Waals surface area contributed by atoms with Gasteiger partial charge in [-0.3, -0.25) is 4.79 Å². The van der Waals surface area contributed by atoms with Crippen LogP contribution in [0.5, 0.6) is 0 Å². The molecule has 3 saturated heterocycles. The van der Waals surface area contributed by atoms with Crippen LogP contribution in [0.25, 0.3) is 0 Å². The number of sulfonamides is 1. The summed E-state index contributed by atoms with van der Waals surface area (Å²) < 4.78 is 32.3. The van der Waals surface area contributed by atoms with Gasteiger partial charge >= 0.3 is 0 Å². The molecule has 3 heterocycles. The summed E-state index contributed by atoms with van der Waals surface area (Å²) in [4.78, 5) is 14.9. The smallest absolute Gasteiger partial charge is 0.243 e. The average molecular weight is 362 g/mol. The summed E-state index contributed by atoms with van der Waals surface area (Å²) in [6, 6.07) is 6.97. The predicted octanol–water partition coefficient (Wildman–Crippen LogP) is 0.720. The van der Waals surface area contributed by atoms with Crippen LogP contribution in [0.1, 0.15) is 5.56 Å². The number of piperidine rings is 1. The van der Waals surface area contributed by atoms with Crippen molar-refractivity contribution in [1.29, 1.82) is 0 Å². The number of ether oxygens (including phenoxy) is 1. The van der Waals surface area contributed by atoms with Crippen molar-refractivity contribution in [2.45, 2.75) is 11.8 Å². The highest BCUT2D eigenvalue weighted by Gasteiger charge is 2.64. The van der Waals surface area contributed by atoms with Crippen molar-refractivity contribution < 1.29 is 17.9 Å². The molecule has 3 aliphatic heterocycles. The lowest BCUT2D eigenvalue weighted by Crippen LogP contribution is -2.67. The van der Waals surface area contributed by atoms with Crippen molar-refractivity contribution in [3.05, 3.63) is 29.8 Å². The van der Waals surface area contributed by atoms with Crippen molar-refractivity contribution in [3.63, 3.8) is 0 Å². The van der Waals surface area contributed by atoms with Crippen molar-refractivity contribution in [2.75, 3.05) is 39.4 Å². The first kappa shape index (κ1) is 15.8. The molecular formula is C18H22N2O4S. The number of likely N-dealkylation sites (tertiary alicyclic amines) is 1. The third-order valence-corrected chi connectivity index (χ3v) is 8.13. The van der Waals surface area contributed by atoms with Crippen LogP contribution >= 0.6 is 0 Å². The lowest BCUT2D eigenvalue weighted by atomic mass is 9.78. The molecule has 1 amide bonds. The molecule has 0 bridgehead atoms. The highest BCUT2D eigenvalue weighted by atomic mass is 32.2. The second kappa shape index (κ2) is 5.05. The van der Waals surface area contributed by atoms with Gasteiger partial charge in [0.2, 0.25) is 15.9 Å². The molecule has 4 aliphatic rings. The normalized spacial score (nSPS) is 32.8. The number of amides is 1. The predicted molar refractivity (Wildman–Crippen MR) is 90.2 cm³/mol. The largest absolute Gasteiger partial charge is 0.380 e. The van der Waals surface area contributed by atoms with Gasteiger partial charge in [0, 0.05) is 32.1 Å². The van der Waals surface area contributed by atoms with Crippen LogP contribution in [0.15, 0.2) is 29.2 Å². The fourth-order valence-electron chi connectivity index (χ4n) is 4.61. The minimum atomic E-state index is -3.44. The van der Waals surface area contributed by atoms with Crippen LogP contribution < -0.4 is 0 Å². The Morgan fingerprint density at radius 1 is 1.12 bits per heavy atom. The molecule has 2 unspecified atom stereocenters. The zero-order valence-electron chi connectivity index (χ0n) is 14.2. The minimum Gasteiger partial charge on any atom is -0.380 e. The maximum Gasteiger partial charge on any atom is 0.243 e. The molecule has 25 heavy (non-hydrogen) atoms. The van der Waals surface area contributed by atoms with Crippen LogP contribution in [-0.4, -0.2) is 62.9 Å². The molecule has 2 atom stereocenters. The molecule has 1 aromatic carbocycles. The molecule has 5 rings (SSSR count). The fourth-order valence-corrected chi connectivity index (χ4v) is 6.13. The summed E-state index contributed by atoms with van der Waals surface area (Å²) in [5.74, 6) is 0.645. The summed E-state index contributed by atoms with van der Waals surface area (Å²) in [6.07, 6.45) is 0. The average Bonchev–Trinajstić information content (AvgIpc) is 2.98. The summed E-state index contributed by atoms with van der Waals surface area (Å²) in [5, 5.41) is 0. The molecule has 4 fully saturated rings. The molecule has 1 aliphatic carbocycles. The molecular weight excluding hydrogens is 340 g/mol. The zero-order chi connectivity index (χ0) is 17.4. The molecule has 7 heteroatoms. The SMILES string of the molecule is Cc1ccc(S(=O)(=O)N2CC3C(C2)C3C(=O)N2CC3(COC3)C2)cc1. The first-order valence-electron chi connectivity index (χ1n) is 8.83. The Morgan fingerprint density at radius 3 is 2.24 bits per heavy atom. The lowest BCUT2D eigenvalue weighted by molar-refractivity contribution is -0.196. The van der Waals surface area contributed by atoms with E-state index in [1.54, 1.807) is 16.4 Å². The molecule has 1 aromatic rings. The lowest BCUT2D eigenvalue weighted by Gasteiger charge is -2.55. The maximum absolute atomic E-state index is 12.7. The number of fused-ring (bicyclic) bond motifs is 1. The van der Waals surface area contributed by atoms with Gasteiger partial charge in [-0.05, 0) is 30.9 Å². The number of rotatable bonds is 3. The Hall–Kier alpha value is -1.44. The standard InChI is InChI=1S/C18H22N2O4S/c1-12-2-4-13(5-3-12)25(22,23)20-6-14-15(7-20)16(14)17(21)19-8-18(9-19)10-24-11-18/h2-5,14-16H,6-11H2,1H3. The van der Waals surface area contributed by atoms with E-state index in [1.807, 2.05) is 24.0 Å². The van der Waals surface area contributed by atoms with Gasteiger partial charge in [-0.1, -0.05) is 17.7 Å². The topological polar surface area (TPSA) is 66.9 Å². The monoisotopic (exact) mass is 362 g/mol. The molecule has 6 nitrogen and oxygen atoms in total. The fraction of sp³-hybridized carbons (Fsp3) is 0.611. The number of nitrogens with zero attached hydrogens (tertiary/aromatic N) is 2. The van der Waals surface area contributed by atoms with E-state index in [1.165, 1.54) is 0 Å². The summed E-state index contributed by atoms with van der Waals surface area (Å²) >= 11 is 0. The Morgan fingerprint density at radius 2 is 1.72 bits per heavy atom. The van der Waals surface area contributed by atoms with E-state index in [9.17, 15) is 13.2 Å². The van der Waals surface area contributed by atoms with E-state index in [-0.39, 0.29) is 29.1 Å². The van der Waals surface area contributed by atoms with Gasteiger partial charge in [-0.2, -0.15) is 4.31 Å². The van der Waals surface area contributed by atoms with Gasteiger partial charge in [-0.25, -0.2) is 8.42 Å². The Kier molecular flexibility index (Phi) is 3.19. The second-order valence-electron chi connectivity index (χ2n) is 8.18. The van der Waals surface area contributed by atoms with E-state index in [0.29, 0.717) is 18.0 Å². The number of benzene rings is 1. The van der Waals surface area contributed by atoms with Crippen LogP contribution in [0.3, 0.4) is 0 Å². The van der Waals surface area contributed by atoms with Crippen LogP contribution in [0, 0.1) is 30.1 Å². The minimum absolute atomic E-state index is 0.0304. The molecule has 0 aromatic heterocycles. The quantitative estimate of drug-likeness (QED) is 0.795. The first-order chi connectivity index (χ1) is 11.9. The van der Waals surface area contributed by atoms with Crippen molar-refractivity contribution in [3.8, 4) is 0 Å².